The molecule has 1 fully saturated rings. The molecule has 11 heavy (non-hydrogen) atoms. The summed E-state index contributed by atoms with van der Waals surface area (Å²) < 4.78 is 5.54. The van der Waals surface area contributed by atoms with E-state index in [0.717, 1.165) is 12.5 Å². The van der Waals surface area contributed by atoms with Crippen molar-refractivity contribution in [2.45, 2.75) is 46.6 Å². The second-order valence-electron chi connectivity index (χ2n) is 4.82. The lowest BCUT2D eigenvalue weighted by Crippen LogP contribution is -2.34. The van der Waals surface area contributed by atoms with Gasteiger partial charge in [-0.25, -0.2) is 0 Å². The molecule has 1 aliphatic carbocycles. The molecule has 1 heteroatoms. The Bertz CT molecular complexity index is 119. The van der Waals surface area contributed by atoms with E-state index >= 15 is 0 Å². The summed E-state index contributed by atoms with van der Waals surface area (Å²) in [6.45, 7) is 9.84. The summed E-state index contributed by atoms with van der Waals surface area (Å²) in [7, 11) is 0. The van der Waals surface area contributed by atoms with Gasteiger partial charge in [0.15, 0.2) is 0 Å². The number of hydrogen-bond donors (Lipinski definition) is 0. The van der Waals surface area contributed by atoms with E-state index in [9.17, 15) is 0 Å². The molecule has 0 saturated heterocycles. The molecule has 1 nitrogen and oxygen atoms in total. The fourth-order valence-corrected chi connectivity index (χ4v) is 1.95. The van der Waals surface area contributed by atoms with Crippen LogP contribution in [0.1, 0.15) is 40.5 Å². The maximum atomic E-state index is 5.54. The quantitative estimate of drug-likeness (QED) is 0.610. The van der Waals surface area contributed by atoms with Gasteiger partial charge in [0.2, 0.25) is 0 Å². The summed E-state index contributed by atoms with van der Waals surface area (Å²) >= 11 is 0. The van der Waals surface area contributed by atoms with Crippen LogP contribution >= 0.6 is 0 Å². The maximum Gasteiger partial charge on any atom is 0.0519 e. The van der Waals surface area contributed by atoms with Gasteiger partial charge in [0.1, 0.15) is 0 Å². The smallest absolute Gasteiger partial charge is 0.0519 e. The lowest BCUT2D eigenvalue weighted by Gasteiger charge is -2.42. The molecular formula is C10H20O. The number of rotatable bonds is 3. The molecule has 0 N–H and O–H groups in total. The highest BCUT2D eigenvalue weighted by Crippen LogP contribution is 2.44. The van der Waals surface area contributed by atoms with Crippen molar-refractivity contribution in [3.05, 3.63) is 0 Å². The summed E-state index contributed by atoms with van der Waals surface area (Å²) in [5, 5.41) is 0. The molecule has 1 aliphatic rings. The third-order valence-corrected chi connectivity index (χ3v) is 2.35. The molecule has 0 aromatic heterocycles. The molecule has 0 atom stereocenters. The predicted octanol–water partition coefficient (Wildman–Crippen LogP) is 2.85. The maximum absolute atomic E-state index is 5.54. The predicted molar refractivity (Wildman–Crippen MR) is 47.6 cm³/mol. The second kappa shape index (κ2) is 3.14. The Labute approximate surface area is 70.1 Å². The van der Waals surface area contributed by atoms with E-state index in [1.165, 1.54) is 12.8 Å². The van der Waals surface area contributed by atoms with E-state index in [2.05, 4.69) is 27.7 Å². The van der Waals surface area contributed by atoms with E-state index < -0.39 is 0 Å². The largest absolute Gasteiger partial charge is 0.379 e. The molecule has 0 spiro atoms. The van der Waals surface area contributed by atoms with Gasteiger partial charge in [-0.1, -0.05) is 13.8 Å². The summed E-state index contributed by atoms with van der Waals surface area (Å²) in [4.78, 5) is 0. The van der Waals surface area contributed by atoms with Gasteiger partial charge in [-0.2, -0.15) is 0 Å². The molecule has 1 saturated carbocycles. The third kappa shape index (κ3) is 2.82. The molecular weight excluding hydrogens is 136 g/mol. The summed E-state index contributed by atoms with van der Waals surface area (Å²) in [5.41, 5.74) is 0.602. The van der Waals surface area contributed by atoms with Gasteiger partial charge in [-0.15, -0.1) is 0 Å². The zero-order valence-corrected chi connectivity index (χ0v) is 8.18. The molecule has 0 heterocycles. The Kier molecular flexibility index (Phi) is 2.58. The monoisotopic (exact) mass is 156 g/mol. The van der Waals surface area contributed by atoms with Crippen LogP contribution in [0.4, 0.5) is 0 Å². The molecule has 0 unspecified atom stereocenters. The van der Waals surface area contributed by atoms with Crippen LogP contribution in [0.2, 0.25) is 0 Å². The number of ether oxygens (including phenoxy) is 1. The molecule has 1 rings (SSSR count). The molecule has 0 aromatic rings. The van der Waals surface area contributed by atoms with Crippen molar-refractivity contribution in [3.63, 3.8) is 0 Å². The van der Waals surface area contributed by atoms with Crippen molar-refractivity contribution >= 4 is 0 Å². The Morgan fingerprint density at radius 1 is 1.36 bits per heavy atom. The zero-order valence-electron chi connectivity index (χ0n) is 8.18. The lowest BCUT2D eigenvalue weighted by molar-refractivity contribution is -0.0163. The van der Waals surface area contributed by atoms with Crippen molar-refractivity contribution in [1.29, 1.82) is 0 Å². The Morgan fingerprint density at radius 3 is 2.27 bits per heavy atom. The topological polar surface area (TPSA) is 9.23 Å². The molecule has 0 aromatic carbocycles. The number of hydrogen-bond acceptors (Lipinski definition) is 1. The van der Waals surface area contributed by atoms with E-state index in [1.54, 1.807) is 0 Å². The van der Waals surface area contributed by atoms with Gasteiger partial charge >= 0.3 is 0 Å². The van der Waals surface area contributed by atoms with Gasteiger partial charge < -0.3 is 4.74 Å². The van der Waals surface area contributed by atoms with Crippen LogP contribution in [-0.2, 0) is 4.74 Å². The normalized spacial score (nSPS) is 23.7. The Balaban J connectivity index is 2.05. The van der Waals surface area contributed by atoms with E-state index in [4.69, 9.17) is 4.74 Å². The first-order valence-electron chi connectivity index (χ1n) is 4.61. The first kappa shape index (κ1) is 9.05. The first-order valence-corrected chi connectivity index (χ1v) is 4.61. The minimum absolute atomic E-state index is 0.402. The van der Waals surface area contributed by atoms with Crippen LogP contribution < -0.4 is 0 Å². The van der Waals surface area contributed by atoms with Crippen molar-refractivity contribution < 1.29 is 4.74 Å². The third-order valence-electron chi connectivity index (χ3n) is 2.35. The summed E-state index contributed by atoms with van der Waals surface area (Å²) in [5.74, 6) is 0.840. The van der Waals surface area contributed by atoms with Crippen LogP contribution in [-0.4, -0.2) is 12.7 Å². The van der Waals surface area contributed by atoms with Gasteiger partial charge in [0.05, 0.1) is 6.10 Å². The van der Waals surface area contributed by atoms with Gasteiger partial charge in [0.25, 0.3) is 0 Å². The van der Waals surface area contributed by atoms with Gasteiger partial charge in [0, 0.05) is 6.61 Å². The molecule has 0 aliphatic heterocycles. The molecule has 0 bridgehead atoms. The van der Waals surface area contributed by atoms with Gasteiger partial charge in [-0.05, 0) is 38.0 Å². The second-order valence-corrected chi connectivity index (χ2v) is 4.82. The SMILES string of the molecule is CC(C)OCC1CC(C)(C)C1. The van der Waals surface area contributed by atoms with Crippen LogP contribution in [0.25, 0.3) is 0 Å². The van der Waals surface area contributed by atoms with Gasteiger partial charge in [-0.3, -0.25) is 0 Å². The van der Waals surface area contributed by atoms with E-state index in [0.29, 0.717) is 11.5 Å². The van der Waals surface area contributed by atoms with Crippen molar-refractivity contribution in [3.8, 4) is 0 Å². The van der Waals surface area contributed by atoms with Crippen LogP contribution in [0.3, 0.4) is 0 Å². The van der Waals surface area contributed by atoms with Crippen LogP contribution in [0.5, 0.6) is 0 Å². The average Bonchev–Trinajstić information content (AvgIpc) is 1.78. The Hall–Kier alpha value is -0.0400. The fourth-order valence-electron chi connectivity index (χ4n) is 1.95. The van der Waals surface area contributed by atoms with Crippen LogP contribution in [0.15, 0.2) is 0 Å². The fraction of sp³-hybridized carbons (Fsp3) is 1.00. The Morgan fingerprint density at radius 2 is 1.91 bits per heavy atom. The molecule has 0 amide bonds. The molecule has 66 valence electrons. The van der Waals surface area contributed by atoms with Crippen molar-refractivity contribution in [2.75, 3.05) is 6.61 Å². The first-order chi connectivity index (χ1) is 4.99. The highest BCUT2D eigenvalue weighted by molar-refractivity contribution is 4.86. The zero-order chi connectivity index (χ0) is 8.48. The average molecular weight is 156 g/mol. The minimum atomic E-state index is 0.402. The lowest BCUT2D eigenvalue weighted by atomic mass is 9.65. The highest BCUT2D eigenvalue weighted by atomic mass is 16.5. The minimum Gasteiger partial charge on any atom is -0.379 e. The summed E-state index contributed by atoms with van der Waals surface area (Å²) in [6, 6.07) is 0. The highest BCUT2D eigenvalue weighted by Gasteiger charge is 2.35. The molecule has 0 radical (unpaired) electrons. The van der Waals surface area contributed by atoms with E-state index in [1.807, 2.05) is 0 Å². The van der Waals surface area contributed by atoms with Crippen molar-refractivity contribution in [1.82, 2.24) is 0 Å². The standard InChI is InChI=1S/C10H20O/c1-8(2)11-7-9-5-10(3,4)6-9/h8-9H,5-7H2,1-4H3. The van der Waals surface area contributed by atoms with E-state index in [-0.39, 0.29) is 0 Å². The van der Waals surface area contributed by atoms with Crippen molar-refractivity contribution in [2.24, 2.45) is 11.3 Å². The summed E-state index contributed by atoms with van der Waals surface area (Å²) in [6.07, 6.45) is 3.10. The van der Waals surface area contributed by atoms with Crippen LogP contribution in [0, 0.1) is 11.3 Å².